The van der Waals surface area contributed by atoms with Crippen LogP contribution in [0.3, 0.4) is 0 Å². The zero-order chi connectivity index (χ0) is 14.0. The molecule has 0 saturated carbocycles. The van der Waals surface area contributed by atoms with E-state index in [1.807, 2.05) is 6.07 Å². The number of halogens is 4. The van der Waals surface area contributed by atoms with Gasteiger partial charge in [-0.25, -0.2) is 0 Å². The number of hydrogen-bond donors (Lipinski definition) is 0. The summed E-state index contributed by atoms with van der Waals surface area (Å²) >= 11 is 24.5. The third kappa shape index (κ3) is 2.99. The van der Waals surface area contributed by atoms with Crippen molar-refractivity contribution in [1.82, 2.24) is 0 Å². The predicted octanol–water partition coefficient (Wildman–Crippen LogP) is 6.03. The Balaban J connectivity index is 2.76. The maximum absolute atomic E-state index is 8.88. The molecule has 2 aromatic rings. The fourth-order valence-corrected chi connectivity index (χ4v) is 3.16. The fraction of sp³-hybridized carbons (Fsp3) is 0.0714. The summed E-state index contributed by atoms with van der Waals surface area (Å²) in [7, 11) is 0. The molecule has 0 amide bonds. The van der Waals surface area contributed by atoms with E-state index in [0.717, 1.165) is 5.56 Å². The van der Waals surface area contributed by atoms with Crippen LogP contribution >= 0.6 is 46.4 Å². The van der Waals surface area contributed by atoms with Crippen molar-refractivity contribution in [2.75, 3.05) is 0 Å². The summed E-state index contributed by atoms with van der Waals surface area (Å²) in [5.41, 5.74) is 2.06. The van der Waals surface area contributed by atoms with Crippen LogP contribution in [0.15, 0.2) is 30.3 Å². The van der Waals surface area contributed by atoms with Gasteiger partial charge in [-0.1, -0.05) is 58.5 Å². The van der Waals surface area contributed by atoms with Gasteiger partial charge in [0.15, 0.2) is 0 Å². The van der Waals surface area contributed by atoms with E-state index in [1.54, 1.807) is 24.3 Å². The molecule has 2 rings (SSSR count). The smallest absolute Gasteiger partial charge is 0.0669 e. The van der Waals surface area contributed by atoms with Crippen LogP contribution < -0.4 is 0 Å². The highest BCUT2D eigenvalue weighted by atomic mass is 35.5. The molecule has 0 bridgehead atoms. The second-order valence-electron chi connectivity index (χ2n) is 3.85. The highest BCUT2D eigenvalue weighted by Gasteiger charge is 2.16. The van der Waals surface area contributed by atoms with Crippen molar-refractivity contribution in [3.05, 3.63) is 56.0 Å². The average molecular weight is 331 g/mol. The lowest BCUT2D eigenvalue weighted by Gasteiger charge is -2.13. The monoisotopic (exact) mass is 329 g/mol. The lowest BCUT2D eigenvalue weighted by atomic mass is 9.98. The van der Waals surface area contributed by atoms with E-state index in [1.165, 1.54) is 0 Å². The molecule has 0 unspecified atom stereocenters. The van der Waals surface area contributed by atoms with Gasteiger partial charge >= 0.3 is 0 Å². The van der Waals surface area contributed by atoms with Crippen LogP contribution in [-0.2, 0) is 6.42 Å². The summed E-state index contributed by atoms with van der Waals surface area (Å²) in [6.45, 7) is 0. The van der Waals surface area contributed by atoms with Crippen molar-refractivity contribution in [2.24, 2.45) is 0 Å². The summed E-state index contributed by atoms with van der Waals surface area (Å²) in [5.74, 6) is 0. The van der Waals surface area contributed by atoms with Gasteiger partial charge < -0.3 is 0 Å². The predicted molar refractivity (Wildman–Crippen MR) is 81.2 cm³/mol. The molecule has 0 atom stereocenters. The molecule has 0 spiro atoms. The number of hydrogen-bond acceptors (Lipinski definition) is 1. The summed E-state index contributed by atoms with van der Waals surface area (Å²) < 4.78 is 0. The molecule has 0 aliphatic carbocycles. The van der Waals surface area contributed by atoms with Crippen LogP contribution in [0.2, 0.25) is 20.1 Å². The third-order valence-electron chi connectivity index (χ3n) is 2.63. The second kappa shape index (κ2) is 6.03. The minimum Gasteiger partial charge on any atom is -0.198 e. The standard InChI is InChI=1S/C14H7Cl4N/c15-9-6-11(17)14(12(18)7-9)13-8(4-5-19)2-1-3-10(13)16/h1-3,6-7H,4H2. The van der Waals surface area contributed by atoms with Gasteiger partial charge in [-0.3, -0.25) is 0 Å². The molecular weight excluding hydrogens is 324 g/mol. The van der Waals surface area contributed by atoms with Crippen molar-refractivity contribution in [3.8, 4) is 17.2 Å². The molecule has 0 N–H and O–H groups in total. The van der Waals surface area contributed by atoms with Gasteiger partial charge in [-0.2, -0.15) is 5.26 Å². The molecular formula is C14H7Cl4N. The Labute approximate surface area is 131 Å². The first kappa shape index (κ1) is 14.5. The molecule has 96 valence electrons. The van der Waals surface area contributed by atoms with Crippen molar-refractivity contribution in [2.45, 2.75) is 6.42 Å². The minimum atomic E-state index is 0.227. The minimum absolute atomic E-state index is 0.227. The van der Waals surface area contributed by atoms with Gasteiger partial charge in [0.05, 0.1) is 22.5 Å². The maximum Gasteiger partial charge on any atom is 0.0669 e. The van der Waals surface area contributed by atoms with Crippen LogP contribution in [0.4, 0.5) is 0 Å². The Hall–Kier alpha value is -0.910. The van der Waals surface area contributed by atoms with Crippen LogP contribution in [0.5, 0.6) is 0 Å². The SMILES string of the molecule is N#CCc1cccc(Cl)c1-c1c(Cl)cc(Cl)cc1Cl. The molecule has 0 aliphatic rings. The summed E-state index contributed by atoms with van der Waals surface area (Å²) in [4.78, 5) is 0. The van der Waals surface area contributed by atoms with E-state index < -0.39 is 0 Å². The van der Waals surface area contributed by atoms with E-state index in [4.69, 9.17) is 51.7 Å². The molecule has 0 heterocycles. The highest BCUT2D eigenvalue weighted by molar-refractivity contribution is 6.43. The van der Waals surface area contributed by atoms with Crippen molar-refractivity contribution in [3.63, 3.8) is 0 Å². The van der Waals surface area contributed by atoms with Crippen molar-refractivity contribution < 1.29 is 0 Å². The fourth-order valence-electron chi connectivity index (χ4n) is 1.86. The topological polar surface area (TPSA) is 23.8 Å². The number of rotatable bonds is 2. The van der Waals surface area contributed by atoms with Crippen LogP contribution in [0, 0.1) is 11.3 Å². The van der Waals surface area contributed by atoms with Gasteiger partial charge in [0.2, 0.25) is 0 Å². The molecule has 0 aromatic heterocycles. The summed E-state index contributed by atoms with van der Waals surface area (Å²) in [5, 5.41) is 10.6. The van der Waals surface area contributed by atoms with Crippen LogP contribution in [-0.4, -0.2) is 0 Å². The second-order valence-corrected chi connectivity index (χ2v) is 5.51. The van der Waals surface area contributed by atoms with E-state index in [-0.39, 0.29) is 6.42 Å². The molecule has 5 heteroatoms. The zero-order valence-corrected chi connectivity index (χ0v) is 12.6. The largest absolute Gasteiger partial charge is 0.198 e. The quantitative estimate of drug-likeness (QED) is 0.659. The lowest BCUT2D eigenvalue weighted by molar-refractivity contribution is 1.26. The maximum atomic E-state index is 8.88. The van der Waals surface area contributed by atoms with Gasteiger partial charge in [0.25, 0.3) is 0 Å². The Morgan fingerprint density at radius 2 is 1.53 bits per heavy atom. The molecule has 19 heavy (non-hydrogen) atoms. The van der Waals surface area contributed by atoms with Gasteiger partial charge in [-0.05, 0) is 23.8 Å². The Kier molecular flexibility index (Phi) is 4.60. The number of benzene rings is 2. The van der Waals surface area contributed by atoms with E-state index in [0.29, 0.717) is 31.2 Å². The Morgan fingerprint density at radius 1 is 0.895 bits per heavy atom. The van der Waals surface area contributed by atoms with Gasteiger partial charge in [0, 0.05) is 21.2 Å². The van der Waals surface area contributed by atoms with E-state index >= 15 is 0 Å². The summed E-state index contributed by atoms with van der Waals surface area (Å²) in [6.07, 6.45) is 0.227. The first-order valence-corrected chi connectivity index (χ1v) is 6.85. The number of nitrogens with zero attached hydrogens (tertiary/aromatic N) is 1. The van der Waals surface area contributed by atoms with E-state index in [2.05, 4.69) is 6.07 Å². The van der Waals surface area contributed by atoms with Crippen LogP contribution in [0.1, 0.15) is 5.56 Å². The molecule has 0 fully saturated rings. The van der Waals surface area contributed by atoms with E-state index in [9.17, 15) is 0 Å². The van der Waals surface area contributed by atoms with Gasteiger partial charge in [0.1, 0.15) is 0 Å². The average Bonchev–Trinajstić information content (AvgIpc) is 2.31. The summed E-state index contributed by atoms with van der Waals surface area (Å²) in [6, 6.07) is 10.7. The molecule has 0 saturated heterocycles. The van der Waals surface area contributed by atoms with Crippen molar-refractivity contribution >= 4 is 46.4 Å². The lowest BCUT2D eigenvalue weighted by Crippen LogP contribution is -1.92. The van der Waals surface area contributed by atoms with Crippen molar-refractivity contribution in [1.29, 1.82) is 5.26 Å². The molecule has 2 aromatic carbocycles. The first-order chi connectivity index (χ1) is 9.04. The molecule has 1 nitrogen and oxygen atoms in total. The normalized spacial score (nSPS) is 10.3. The molecule has 0 aliphatic heterocycles. The highest BCUT2D eigenvalue weighted by Crippen LogP contribution is 2.42. The Bertz CT molecular complexity index is 651. The first-order valence-electron chi connectivity index (χ1n) is 5.34. The number of nitriles is 1. The third-order valence-corrected chi connectivity index (χ3v) is 3.76. The van der Waals surface area contributed by atoms with Gasteiger partial charge in [-0.15, -0.1) is 0 Å². The zero-order valence-electron chi connectivity index (χ0n) is 9.55. The van der Waals surface area contributed by atoms with Crippen LogP contribution in [0.25, 0.3) is 11.1 Å². The molecule has 0 radical (unpaired) electrons. The Morgan fingerprint density at radius 3 is 2.11 bits per heavy atom.